The van der Waals surface area contributed by atoms with Crippen LogP contribution in [0.25, 0.3) is 10.8 Å². The Morgan fingerprint density at radius 2 is 1.89 bits per heavy atom. The molecule has 1 unspecified atom stereocenters. The van der Waals surface area contributed by atoms with Crippen LogP contribution in [0.5, 0.6) is 11.5 Å². The highest BCUT2D eigenvalue weighted by Gasteiger charge is 2.14. The molecule has 2 rings (SSSR count). The van der Waals surface area contributed by atoms with Crippen LogP contribution in [-0.4, -0.2) is 25.9 Å². The minimum absolute atomic E-state index is 0.0499. The van der Waals surface area contributed by atoms with Gasteiger partial charge in [0.1, 0.15) is 11.5 Å². The summed E-state index contributed by atoms with van der Waals surface area (Å²) in [6, 6.07) is 9.53. The second-order valence-electron chi connectivity index (χ2n) is 4.39. The van der Waals surface area contributed by atoms with Crippen LogP contribution in [0.2, 0.25) is 0 Å². The smallest absolute Gasteiger partial charge is 0.126 e. The number of hydrogen-bond donors (Lipinski definition) is 2. The Balaban J connectivity index is 2.61. The number of aliphatic hydroxyl groups excluding tert-OH is 1. The lowest BCUT2D eigenvalue weighted by Crippen LogP contribution is -2.13. The third kappa shape index (κ3) is 2.64. The SMILES string of the molecule is COc1cc2cccc(OC)c2cc1C(N)CCO. The van der Waals surface area contributed by atoms with Crippen molar-refractivity contribution in [3.63, 3.8) is 0 Å². The number of rotatable bonds is 5. The molecule has 0 radical (unpaired) electrons. The number of nitrogens with two attached hydrogens (primary N) is 1. The van der Waals surface area contributed by atoms with E-state index >= 15 is 0 Å². The van der Waals surface area contributed by atoms with Crippen molar-refractivity contribution < 1.29 is 14.6 Å². The highest BCUT2D eigenvalue weighted by Crippen LogP contribution is 2.34. The maximum Gasteiger partial charge on any atom is 0.126 e. The summed E-state index contributed by atoms with van der Waals surface area (Å²) < 4.78 is 10.8. The summed E-state index contributed by atoms with van der Waals surface area (Å²) in [5, 5.41) is 11.1. The molecule has 3 N–H and O–H groups in total. The lowest BCUT2D eigenvalue weighted by molar-refractivity contribution is 0.275. The molecule has 19 heavy (non-hydrogen) atoms. The van der Waals surface area contributed by atoms with Crippen LogP contribution in [0.1, 0.15) is 18.0 Å². The number of hydrogen-bond acceptors (Lipinski definition) is 4. The molecule has 0 fully saturated rings. The van der Waals surface area contributed by atoms with E-state index in [4.69, 9.17) is 20.3 Å². The fourth-order valence-electron chi connectivity index (χ4n) is 2.23. The van der Waals surface area contributed by atoms with E-state index in [-0.39, 0.29) is 12.6 Å². The molecule has 0 aromatic heterocycles. The van der Waals surface area contributed by atoms with Gasteiger partial charge in [0.15, 0.2) is 0 Å². The van der Waals surface area contributed by atoms with Gasteiger partial charge in [-0.15, -0.1) is 0 Å². The molecule has 2 aromatic rings. The summed E-state index contributed by atoms with van der Waals surface area (Å²) in [6.45, 7) is 0.0499. The number of aliphatic hydroxyl groups is 1. The number of benzene rings is 2. The minimum atomic E-state index is -0.255. The molecule has 102 valence electrons. The second kappa shape index (κ2) is 5.91. The normalized spacial score (nSPS) is 12.4. The van der Waals surface area contributed by atoms with Crippen molar-refractivity contribution in [2.75, 3.05) is 20.8 Å². The highest BCUT2D eigenvalue weighted by molar-refractivity contribution is 5.90. The summed E-state index contributed by atoms with van der Waals surface area (Å²) in [4.78, 5) is 0. The summed E-state index contributed by atoms with van der Waals surface area (Å²) in [6.07, 6.45) is 0.497. The molecule has 4 heteroatoms. The van der Waals surface area contributed by atoms with E-state index in [1.807, 2.05) is 30.3 Å². The summed E-state index contributed by atoms with van der Waals surface area (Å²) in [7, 11) is 3.27. The highest BCUT2D eigenvalue weighted by atomic mass is 16.5. The van der Waals surface area contributed by atoms with E-state index in [9.17, 15) is 0 Å². The van der Waals surface area contributed by atoms with Gasteiger partial charge in [0.05, 0.1) is 14.2 Å². The van der Waals surface area contributed by atoms with Gasteiger partial charge in [-0.25, -0.2) is 0 Å². The zero-order valence-corrected chi connectivity index (χ0v) is 11.2. The first-order valence-corrected chi connectivity index (χ1v) is 6.22. The van der Waals surface area contributed by atoms with Crippen molar-refractivity contribution in [2.45, 2.75) is 12.5 Å². The Hall–Kier alpha value is -1.78. The first kappa shape index (κ1) is 13.6. The van der Waals surface area contributed by atoms with E-state index in [0.717, 1.165) is 27.8 Å². The zero-order chi connectivity index (χ0) is 13.8. The first-order chi connectivity index (χ1) is 9.21. The predicted octanol–water partition coefficient (Wildman–Crippen LogP) is 2.24. The summed E-state index contributed by atoms with van der Waals surface area (Å²) in [5.41, 5.74) is 6.97. The van der Waals surface area contributed by atoms with Crippen LogP contribution in [0.4, 0.5) is 0 Å². The van der Waals surface area contributed by atoms with E-state index in [1.54, 1.807) is 14.2 Å². The third-order valence-electron chi connectivity index (χ3n) is 3.25. The van der Waals surface area contributed by atoms with Gasteiger partial charge in [-0.1, -0.05) is 12.1 Å². The predicted molar refractivity (Wildman–Crippen MR) is 75.7 cm³/mol. The Morgan fingerprint density at radius 1 is 1.16 bits per heavy atom. The monoisotopic (exact) mass is 261 g/mol. The lowest BCUT2D eigenvalue weighted by Gasteiger charge is -2.17. The maximum atomic E-state index is 9.03. The van der Waals surface area contributed by atoms with Gasteiger partial charge in [-0.05, 0) is 30.0 Å². The van der Waals surface area contributed by atoms with E-state index in [1.165, 1.54) is 0 Å². The van der Waals surface area contributed by atoms with Crippen LogP contribution in [0, 0.1) is 0 Å². The van der Waals surface area contributed by atoms with E-state index in [2.05, 4.69) is 0 Å². The number of methoxy groups -OCH3 is 2. The van der Waals surface area contributed by atoms with Gasteiger partial charge in [0.2, 0.25) is 0 Å². The van der Waals surface area contributed by atoms with Gasteiger partial charge in [-0.3, -0.25) is 0 Å². The molecule has 1 atom stereocenters. The first-order valence-electron chi connectivity index (χ1n) is 6.22. The van der Waals surface area contributed by atoms with Crippen molar-refractivity contribution in [3.8, 4) is 11.5 Å². The molecule has 0 aliphatic rings. The topological polar surface area (TPSA) is 64.7 Å². The van der Waals surface area contributed by atoms with Gasteiger partial charge in [-0.2, -0.15) is 0 Å². The molecule has 0 amide bonds. The van der Waals surface area contributed by atoms with Crippen molar-refractivity contribution in [2.24, 2.45) is 5.73 Å². The second-order valence-corrected chi connectivity index (χ2v) is 4.39. The molecule has 0 spiro atoms. The van der Waals surface area contributed by atoms with E-state index < -0.39 is 0 Å². The van der Waals surface area contributed by atoms with Gasteiger partial charge in [0.25, 0.3) is 0 Å². The molecule has 0 aliphatic carbocycles. The molecule has 4 nitrogen and oxygen atoms in total. The number of fused-ring (bicyclic) bond motifs is 1. The Kier molecular flexibility index (Phi) is 4.24. The molecule has 2 aromatic carbocycles. The van der Waals surface area contributed by atoms with Crippen LogP contribution in [0.3, 0.4) is 0 Å². The molecular formula is C15H19NO3. The van der Waals surface area contributed by atoms with Crippen LogP contribution in [0.15, 0.2) is 30.3 Å². The molecular weight excluding hydrogens is 242 g/mol. The number of ether oxygens (including phenoxy) is 2. The molecule has 0 bridgehead atoms. The molecule has 0 aliphatic heterocycles. The van der Waals surface area contributed by atoms with Gasteiger partial charge in [0, 0.05) is 23.6 Å². The van der Waals surface area contributed by atoms with Crippen molar-refractivity contribution in [3.05, 3.63) is 35.9 Å². The summed E-state index contributed by atoms with van der Waals surface area (Å²) >= 11 is 0. The standard InChI is InChI=1S/C15H19NO3/c1-18-14-5-3-4-10-8-15(19-2)12(9-11(10)14)13(16)6-7-17/h3-5,8-9,13,17H,6-7,16H2,1-2H3. The Morgan fingerprint density at radius 3 is 2.53 bits per heavy atom. The van der Waals surface area contributed by atoms with Crippen LogP contribution < -0.4 is 15.2 Å². The lowest BCUT2D eigenvalue weighted by atomic mass is 9.99. The Bertz CT molecular complexity index is 569. The molecule has 0 saturated carbocycles. The van der Waals surface area contributed by atoms with Crippen LogP contribution in [-0.2, 0) is 0 Å². The molecule has 0 heterocycles. The largest absolute Gasteiger partial charge is 0.496 e. The van der Waals surface area contributed by atoms with Crippen molar-refractivity contribution in [1.82, 2.24) is 0 Å². The molecule has 0 saturated heterocycles. The maximum absolute atomic E-state index is 9.03. The minimum Gasteiger partial charge on any atom is -0.496 e. The third-order valence-corrected chi connectivity index (χ3v) is 3.25. The van der Waals surface area contributed by atoms with Gasteiger partial charge >= 0.3 is 0 Å². The quantitative estimate of drug-likeness (QED) is 0.866. The van der Waals surface area contributed by atoms with Gasteiger partial charge < -0.3 is 20.3 Å². The summed E-state index contributed by atoms with van der Waals surface area (Å²) in [5.74, 6) is 1.54. The van der Waals surface area contributed by atoms with E-state index in [0.29, 0.717) is 6.42 Å². The Labute approximate surface area is 112 Å². The zero-order valence-electron chi connectivity index (χ0n) is 11.2. The average Bonchev–Trinajstić information content (AvgIpc) is 2.45. The fourth-order valence-corrected chi connectivity index (χ4v) is 2.23. The van der Waals surface area contributed by atoms with Crippen molar-refractivity contribution >= 4 is 10.8 Å². The van der Waals surface area contributed by atoms with Crippen LogP contribution >= 0.6 is 0 Å². The fraction of sp³-hybridized carbons (Fsp3) is 0.333. The average molecular weight is 261 g/mol. The van der Waals surface area contributed by atoms with Crippen molar-refractivity contribution in [1.29, 1.82) is 0 Å².